The lowest BCUT2D eigenvalue weighted by Crippen LogP contribution is -2.46. The Morgan fingerprint density at radius 2 is 2.25 bits per heavy atom. The summed E-state index contributed by atoms with van der Waals surface area (Å²) >= 11 is 1.45. The molecule has 1 aliphatic rings. The standard InChI is InChI=1S/C19H28N6O2S/c20-19(21)23-10-4-7-14(24-17(27)12-5-3-9-22-11-12)16(26)18-25-13-6-1-2-8-15(13)28-18/h1-2,6,8,12,14,16,22,26H,3-5,7,9-11H2,(H,24,27)(H4,20,21,23)/t12-,14+,16?/m0/s1. The molecule has 3 atom stereocenters. The number of carbonyl (C=O) groups excluding carboxylic acids is 1. The van der Waals surface area contributed by atoms with E-state index < -0.39 is 12.1 Å². The number of piperidine rings is 1. The van der Waals surface area contributed by atoms with Crippen molar-refractivity contribution in [1.82, 2.24) is 15.6 Å². The number of amides is 1. The highest BCUT2D eigenvalue weighted by Crippen LogP contribution is 2.29. The topological polar surface area (TPSA) is 139 Å². The van der Waals surface area contributed by atoms with E-state index in [1.165, 1.54) is 11.3 Å². The van der Waals surface area contributed by atoms with Crippen LogP contribution in [0.2, 0.25) is 0 Å². The van der Waals surface area contributed by atoms with E-state index in [0.717, 1.165) is 29.6 Å². The van der Waals surface area contributed by atoms with Gasteiger partial charge in [0, 0.05) is 13.1 Å². The van der Waals surface area contributed by atoms with Crippen molar-refractivity contribution in [1.29, 1.82) is 0 Å². The summed E-state index contributed by atoms with van der Waals surface area (Å²) in [5, 5.41) is 17.9. The van der Waals surface area contributed by atoms with Crippen LogP contribution in [0.25, 0.3) is 10.2 Å². The van der Waals surface area contributed by atoms with Crippen LogP contribution in [-0.4, -0.2) is 47.6 Å². The molecule has 28 heavy (non-hydrogen) atoms. The normalized spacial score (nSPS) is 19.1. The SMILES string of the molecule is NC(N)=NCCC[C@@H](NC(=O)[C@H]1CCCNC1)C(O)c1nc2ccccc2s1. The van der Waals surface area contributed by atoms with E-state index in [1.807, 2.05) is 24.3 Å². The quantitative estimate of drug-likeness (QED) is 0.251. The Morgan fingerprint density at radius 3 is 2.96 bits per heavy atom. The van der Waals surface area contributed by atoms with E-state index in [-0.39, 0.29) is 17.8 Å². The number of nitrogens with zero attached hydrogens (tertiary/aromatic N) is 2. The van der Waals surface area contributed by atoms with Gasteiger partial charge in [0.05, 0.1) is 22.2 Å². The first-order chi connectivity index (χ1) is 13.5. The molecular formula is C19H28N6O2S. The highest BCUT2D eigenvalue weighted by atomic mass is 32.1. The van der Waals surface area contributed by atoms with Crippen LogP contribution in [0.1, 0.15) is 36.8 Å². The maximum Gasteiger partial charge on any atom is 0.224 e. The van der Waals surface area contributed by atoms with Crippen LogP contribution in [-0.2, 0) is 4.79 Å². The van der Waals surface area contributed by atoms with Gasteiger partial charge in [0.1, 0.15) is 11.1 Å². The monoisotopic (exact) mass is 404 g/mol. The van der Waals surface area contributed by atoms with Crippen molar-refractivity contribution in [2.24, 2.45) is 22.4 Å². The smallest absolute Gasteiger partial charge is 0.224 e. The number of para-hydroxylation sites is 1. The molecular weight excluding hydrogens is 376 g/mol. The number of thiazole rings is 1. The minimum Gasteiger partial charge on any atom is -0.384 e. The van der Waals surface area contributed by atoms with Gasteiger partial charge in [-0.3, -0.25) is 9.79 Å². The Morgan fingerprint density at radius 1 is 1.43 bits per heavy atom. The van der Waals surface area contributed by atoms with E-state index in [9.17, 15) is 9.90 Å². The van der Waals surface area contributed by atoms with E-state index in [2.05, 4.69) is 20.6 Å². The van der Waals surface area contributed by atoms with Crippen LogP contribution in [0.5, 0.6) is 0 Å². The minimum absolute atomic E-state index is 0.0285. The zero-order chi connectivity index (χ0) is 19.9. The summed E-state index contributed by atoms with van der Waals surface area (Å²) in [5.41, 5.74) is 11.6. The van der Waals surface area contributed by atoms with Crippen molar-refractivity contribution in [3.63, 3.8) is 0 Å². The fraction of sp³-hybridized carbons (Fsp3) is 0.526. The summed E-state index contributed by atoms with van der Waals surface area (Å²) in [6.07, 6.45) is 2.16. The number of aliphatic hydroxyl groups is 1. The van der Waals surface area contributed by atoms with Gasteiger partial charge in [0.15, 0.2) is 5.96 Å². The zero-order valence-corrected chi connectivity index (χ0v) is 16.6. The molecule has 1 unspecified atom stereocenters. The molecule has 1 aromatic heterocycles. The van der Waals surface area contributed by atoms with Gasteiger partial charge in [0.2, 0.25) is 5.91 Å². The molecule has 1 aromatic carbocycles. The third kappa shape index (κ3) is 5.40. The molecule has 9 heteroatoms. The molecule has 1 fully saturated rings. The number of hydrogen-bond acceptors (Lipinski definition) is 6. The van der Waals surface area contributed by atoms with Gasteiger partial charge in [-0.15, -0.1) is 11.3 Å². The van der Waals surface area contributed by atoms with E-state index in [4.69, 9.17) is 11.5 Å². The average Bonchev–Trinajstić information content (AvgIpc) is 3.14. The number of aromatic nitrogens is 1. The second kappa shape index (κ2) is 9.81. The number of nitrogens with two attached hydrogens (primary N) is 2. The van der Waals surface area contributed by atoms with Crippen LogP contribution in [0.4, 0.5) is 0 Å². The third-order valence-electron chi connectivity index (χ3n) is 4.91. The molecule has 0 bridgehead atoms. The summed E-state index contributed by atoms with van der Waals surface area (Å²) in [4.78, 5) is 21.2. The second-order valence-corrected chi connectivity index (χ2v) is 8.13. The highest BCUT2D eigenvalue weighted by molar-refractivity contribution is 7.18. The van der Waals surface area contributed by atoms with Gasteiger partial charge in [-0.2, -0.15) is 0 Å². The summed E-state index contributed by atoms with van der Waals surface area (Å²) in [7, 11) is 0. The van der Waals surface area contributed by atoms with Crippen LogP contribution >= 0.6 is 11.3 Å². The molecule has 0 spiro atoms. The van der Waals surface area contributed by atoms with E-state index in [1.54, 1.807) is 0 Å². The molecule has 0 aliphatic carbocycles. The van der Waals surface area contributed by atoms with Gasteiger partial charge in [-0.25, -0.2) is 4.98 Å². The fourth-order valence-electron chi connectivity index (χ4n) is 3.39. The number of rotatable bonds is 8. The lowest BCUT2D eigenvalue weighted by Gasteiger charge is -2.27. The third-order valence-corrected chi connectivity index (χ3v) is 6.01. The van der Waals surface area contributed by atoms with Gasteiger partial charge in [0.25, 0.3) is 0 Å². The first-order valence-electron chi connectivity index (χ1n) is 9.64. The fourth-order valence-corrected chi connectivity index (χ4v) is 4.41. The summed E-state index contributed by atoms with van der Waals surface area (Å²) in [6, 6.07) is 7.32. The van der Waals surface area contributed by atoms with Crippen molar-refractivity contribution < 1.29 is 9.90 Å². The Balaban J connectivity index is 1.71. The first-order valence-corrected chi connectivity index (χ1v) is 10.5. The largest absolute Gasteiger partial charge is 0.384 e. The second-order valence-electron chi connectivity index (χ2n) is 7.07. The number of carbonyl (C=O) groups is 1. The number of guanidine groups is 1. The number of aliphatic imine (C=N–C) groups is 1. The predicted octanol–water partition coefficient (Wildman–Crippen LogP) is 0.868. The van der Waals surface area contributed by atoms with Gasteiger partial charge >= 0.3 is 0 Å². The van der Waals surface area contributed by atoms with Crippen LogP contribution in [0.3, 0.4) is 0 Å². The Labute approximate surface area is 168 Å². The van der Waals surface area contributed by atoms with Crippen molar-refractivity contribution in [3.05, 3.63) is 29.3 Å². The molecule has 0 radical (unpaired) electrons. The summed E-state index contributed by atoms with van der Waals surface area (Å²) < 4.78 is 1.01. The maximum atomic E-state index is 12.7. The van der Waals surface area contributed by atoms with Crippen molar-refractivity contribution in [2.75, 3.05) is 19.6 Å². The molecule has 1 saturated heterocycles. The van der Waals surface area contributed by atoms with Crippen LogP contribution in [0, 0.1) is 5.92 Å². The van der Waals surface area contributed by atoms with E-state index >= 15 is 0 Å². The molecule has 1 aliphatic heterocycles. The predicted molar refractivity (Wildman–Crippen MR) is 112 cm³/mol. The van der Waals surface area contributed by atoms with Crippen LogP contribution < -0.4 is 22.1 Å². The molecule has 0 saturated carbocycles. The molecule has 2 aromatic rings. The van der Waals surface area contributed by atoms with Crippen molar-refractivity contribution in [2.45, 2.75) is 37.8 Å². The van der Waals surface area contributed by atoms with Crippen LogP contribution in [0.15, 0.2) is 29.3 Å². The molecule has 2 heterocycles. The molecule has 152 valence electrons. The number of aliphatic hydroxyl groups excluding tert-OH is 1. The van der Waals surface area contributed by atoms with Gasteiger partial charge < -0.3 is 27.2 Å². The number of nitrogens with one attached hydrogen (secondary N) is 2. The molecule has 8 nitrogen and oxygen atoms in total. The molecule has 3 rings (SSSR count). The Hall–Kier alpha value is -2.23. The van der Waals surface area contributed by atoms with Crippen molar-refractivity contribution in [3.8, 4) is 0 Å². The van der Waals surface area contributed by atoms with Gasteiger partial charge in [-0.1, -0.05) is 12.1 Å². The van der Waals surface area contributed by atoms with Crippen molar-refractivity contribution >= 4 is 33.4 Å². The minimum atomic E-state index is -0.878. The zero-order valence-electron chi connectivity index (χ0n) is 15.8. The summed E-state index contributed by atoms with van der Waals surface area (Å²) in [5.74, 6) is -0.0590. The highest BCUT2D eigenvalue weighted by Gasteiger charge is 2.29. The lowest BCUT2D eigenvalue weighted by atomic mass is 9.97. The summed E-state index contributed by atoms with van der Waals surface area (Å²) in [6.45, 7) is 2.07. The molecule has 1 amide bonds. The number of fused-ring (bicyclic) bond motifs is 1. The Kier molecular flexibility index (Phi) is 7.18. The van der Waals surface area contributed by atoms with E-state index in [0.29, 0.717) is 30.9 Å². The van der Waals surface area contributed by atoms with Gasteiger partial charge in [-0.05, 0) is 44.4 Å². The molecule has 7 N–H and O–H groups in total. The lowest BCUT2D eigenvalue weighted by molar-refractivity contribution is -0.127. The number of hydrogen-bond donors (Lipinski definition) is 5. The number of benzene rings is 1. The average molecular weight is 405 g/mol. The maximum absolute atomic E-state index is 12.7. The first kappa shape index (κ1) is 20.5. The Bertz CT molecular complexity index is 781.